The van der Waals surface area contributed by atoms with E-state index in [-0.39, 0.29) is 18.6 Å². The molecule has 1 fully saturated rings. The van der Waals surface area contributed by atoms with Crippen LogP contribution in [0, 0.1) is 5.92 Å². The second-order valence-corrected chi connectivity index (χ2v) is 7.80. The molecule has 25 heavy (non-hydrogen) atoms. The SMILES string of the molecule is CCC(CO)NC(O)C1CC2c3cccc4[nH]cc(c34)CC2N(C)C1. The largest absolute Gasteiger partial charge is 0.395 e. The van der Waals surface area contributed by atoms with Gasteiger partial charge in [0.05, 0.1) is 6.61 Å². The van der Waals surface area contributed by atoms with Gasteiger partial charge in [0.2, 0.25) is 0 Å². The summed E-state index contributed by atoms with van der Waals surface area (Å²) in [6.45, 7) is 2.97. The number of benzene rings is 1. The molecular weight excluding hydrogens is 314 g/mol. The summed E-state index contributed by atoms with van der Waals surface area (Å²) in [6, 6.07) is 7.00. The lowest BCUT2D eigenvalue weighted by Gasteiger charge is -2.47. The molecule has 1 aliphatic carbocycles. The Morgan fingerprint density at radius 3 is 3.00 bits per heavy atom. The average molecular weight is 343 g/mol. The van der Waals surface area contributed by atoms with Gasteiger partial charge >= 0.3 is 0 Å². The number of piperidine rings is 1. The Bertz CT molecular complexity index is 740. The number of rotatable bonds is 5. The number of likely N-dealkylation sites (tertiary alicyclic amines) is 1. The number of aliphatic hydroxyl groups excluding tert-OH is 2. The molecule has 0 radical (unpaired) electrons. The quantitative estimate of drug-likeness (QED) is 0.625. The van der Waals surface area contributed by atoms with Gasteiger partial charge in [-0.3, -0.25) is 5.32 Å². The number of hydrogen-bond acceptors (Lipinski definition) is 4. The van der Waals surface area contributed by atoms with Crippen LogP contribution in [0.4, 0.5) is 0 Å². The third-order valence-electron chi connectivity index (χ3n) is 6.32. The summed E-state index contributed by atoms with van der Waals surface area (Å²) in [5.74, 6) is 0.615. The second-order valence-electron chi connectivity index (χ2n) is 7.80. The van der Waals surface area contributed by atoms with Crippen LogP contribution in [0.1, 0.15) is 36.8 Å². The molecule has 0 bridgehead atoms. The van der Waals surface area contributed by atoms with Crippen LogP contribution in [0.3, 0.4) is 0 Å². The molecule has 2 aliphatic rings. The molecule has 2 aromatic rings. The smallest absolute Gasteiger partial charge is 0.109 e. The molecule has 136 valence electrons. The van der Waals surface area contributed by atoms with Crippen molar-refractivity contribution in [2.45, 2.75) is 50.4 Å². The molecule has 4 rings (SSSR count). The van der Waals surface area contributed by atoms with Crippen LogP contribution in [0.15, 0.2) is 24.4 Å². The summed E-state index contributed by atoms with van der Waals surface area (Å²) < 4.78 is 0. The molecule has 1 aromatic carbocycles. The Kier molecular flexibility index (Phi) is 4.58. The number of aromatic nitrogens is 1. The minimum Gasteiger partial charge on any atom is -0.395 e. The first-order valence-electron chi connectivity index (χ1n) is 9.46. The zero-order valence-corrected chi connectivity index (χ0v) is 15.1. The van der Waals surface area contributed by atoms with Crippen LogP contribution in [-0.2, 0) is 6.42 Å². The van der Waals surface area contributed by atoms with Gasteiger partial charge in [0.1, 0.15) is 6.23 Å². The number of nitrogens with zero attached hydrogens (tertiary/aromatic N) is 1. The lowest BCUT2D eigenvalue weighted by atomic mass is 9.72. The number of aliphatic hydroxyl groups is 2. The first kappa shape index (κ1) is 17.0. The van der Waals surface area contributed by atoms with Crippen molar-refractivity contribution in [1.29, 1.82) is 0 Å². The van der Waals surface area contributed by atoms with Crippen LogP contribution >= 0.6 is 0 Å². The Hall–Kier alpha value is -1.40. The van der Waals surface area contributed by atoms with E-state index in [0.29, 0.717) is 12.0 Å². The fourth-order valence-electron chi connectivity index (χ4n) is 4.89. The van der Waals surface area contributed by atoms with E-state index in [4.69, 9.17) is 0 Å². The van der Waals surface area contributed by atoms with Crippen LogP contribution in [0.2, 0.25) is 0 Å². The summed E-state index contributed by atoms with van der Waals surface area (Å²) in [6.07, 6.45) is 4.45. The van der Waals surface area contributed by atoms with E-state index in [2.05, 4.69) is 46.6 Å². The fraction of sp³-hybridized carbons (Fsp3) is 0.600. The molecule has 1 saturated heterocycles. The Morgan fingerprint density at radius 2 is 2.24 bits per heavy atom. The van der Waals surface area contributed by atoms with Crippen molar-refractivity contribution < 1.29 is 10.2 Å². The topological polar surface area (TPSA) is 71.5 Å². The van der Waals surface area contributed by atoms with Crippen molar-refractivity contribution in [1.82, 2.24) is 15.2 Å². The maximum atomic E-state index is 10.7. The van der Waals surface area contributed by atoms with E-state index < -0.39 is 6.23 Å². The maximum absolute atomic E-state index is 10.7. The van der Waals surface area contributed by atoms with E-state index in [1.54, 1.807) is 0 Å². The first-order valence-corrected chi connectivity index (χ1v) is 9.46. The van der Waals surface area contributed by atoms with E-state index in [1.807, 2.05) is 6.92 Å². The minimum absolute atomic E-state index is 0.0379. The molecule has 0 amide bonds. The molecule has 1 aliphatic heterocycles. The Labute approximate surface area is 149 Å². The molecular formula is C20H29N3O2. The first-order chi connectivity index (χ1) is 12.1. The highest BCUT2D eigenvalue weighted by Crippen LogP contribution is 2.44. The summed E-state index contributed by atoms with van der Waals surface area (Å²) in [5, 5.41) is 24.7. The van der Waals surface area contributed by atoms with Gasteiger partial charge in [0, 0.05) is 47.6 Å². The molecule has 2 heterocycles. The zero-order valence-electron chi connectivity index (χ0n) is 15.1. The molecule has 5 nitrogen and oxygen atoms in total. The van der Waals surface area contributed by atoms with Crippen molar-refractivity contribution >= 4 is 10.9 Å². The minimum atomic E-state index is -0.577. The van der Waals surface area contributed by atoms with E-state index >= 15 is 0 Å². The molecule has 0 saturated carbocycles. The van der Waals surface area contributed by atoms with Crippen molar-refractivity contribution in [3.63, 3.8) is 0 Å². The lowest BCUT2D eigenvalue weighted by molar-refractivity contribution is -0.00354. The van der Waals surface area contributed by atoms with Crippen LogP contribution in [0.25, 0.3) is 10.9 Å². The van der Waals surface area contributed by atoms with E-state index in [1.165, 1.54) is 22.0 Å². The van der Waals surface area contributed by atoms with Gasteiger partial charge in [-0.15, -0.1) is 0 Å². The van der Waals surface area contributed by atoms with Gasteiger partial charge in [-0.1, -0.05) is 19.1 Å². The van der Waals surface area contributed by atoms with Crippen molar-refractivity contribution in [2.75, 3.05) is 20.2 Å². The summed E-state index contributed by atoms with van der Waals surface area (Å²) >= 11 is 0. The number of nitrogens with one attached hydrogen (secondary N) is 2. The Balaban J connectivity index is 1.61. The highest BCUT2D eigenvalue weighted by Gasteiger charge is 2.41. The average Bonchev–Trinajstić information content (AvgIpc) is 3.04. The van der Waals surface area contributed by atoms with Crippen LogP contribution in [-0.4, -0.2) is 58.6 Å². The number of fused-ring (bicyclic) bond motifs is 2. The fourth-order valence-corrected chi connectivity index (χ4v) is 4.89. The predicted molar refractivity (Wildman–Crippen MR) is 99.6 cm³/mol. The number of likely N-dealkylation sites (N-methyl/N-ethyl adjacent to an activating group) is 1. The highest BCUT2D eigenvalue weighted by atomic mass is 16.3. The maximum Gasteiger partial charge on any atom is 0.109 e. The summed E-state index contributed by atoms with van der Waals surface area (Å²) in [7, 11) is 2.18. The Morgan fingerprint density at radius 1 is 1.40 bits per heavy atom. The van der Waals surface area contributed by atoms with E-state index in [0.717, 1.165) is 25.8 Å². The summed E-state index contributed by atoms with van der Waals surface area (Å²) in [5.41, 5.74) is 4.06. The molecule has 5 atom stereocenters. The third-order valence-corrected chi connectivity index (χ3v) is 6.32. The zero-order chi connectivity index (χ0) is 17.6. The lowest BCUT2D eigenvalue weighted by Crippen LogP contribution is -2.54. The third kappa shape index (κ3) is 2.89. The van der Waals surface area contributed by atoms with Gasteiger partial charge in [-0.05, 0) is 43.5 Å². The molecule has 0 spiro atoms. The number of hydrogen-bond donors (Lipinski definition) is 4. The summed E-state index contributed by atoms with van der Waals surface area (Å²) in [4.78, 5) is 5.83. The predicted octanol–water partition coefficient (Wildman–Crippen LogP) is 1.81. The monoisotopic (exact) mass is 343 g/mol. The molecule has 5 heteroatoms. The van der Waals surface area contributed by atoms with Crippen molar-refractivity contribution in [3.05, 3.63) is 35.5 Å². The standard InChI is InChI=1S/C20H29N3O2/c1-3-14(11-24)22-20(25)13-7-16-15-5-4-6-17-19(15)12(9-21-17)8-18(16)23(2)10-13/h4-6,9,13-14,16,18,20-22,24-25H,3,7-8,10-11H2,1-2H3. The van der Waals surface area contributed by atoms with Crippen LogP contribution in [0.5, 0.6) is 0 Å². The van der Waals surface area contributed by atoms with Gasteiger partial charge in [0.25, 0.3) is 0 Å². The van der Waals surface area contributed by atoms with Gasteiger partial charge in [0.15, 0.2) is 0 Å². The number of H-pyrrole nitrogens is 1. The van der Waals surface area contributed by atoms with Crippen molar-refractivity contribution in [3.8, 4) is 0 Å². The van der Waals surface area contributed by atoms with Crippen molar-refractivity contribution in [2.24, 2.45) is 5.92 Å². The van der Waals surface area contributed by atoms with Crippen LogP contribution < -0.4 is 5.32 Å². The highest BCUT2D eigenvalue weighted by molar-refractivity contribution is 5.88. The van der Waals surface area contributed by atoms with Gasteiger partial charge in [-0.2, -0.15) is 0 Å². The normalized spacial score (nSPS) is 28.7. The second kappa shape index (κ2) is 6.72. The molecule has 4 N–H and O–H groups in total. The van der Waals surface area contributed by atoms with Gasteiger partial charge in [-0.25, -0.2) is 0 Å². The number of aromatic amines is 1. The molecule has 1 aromatic heterocycles. The molecule has 5 unspecified atom stereocenters. The van der Waals surface area contributed by atoms with E-state index in [9.17, 15) is 10.2 Å². The van der Waals surface area contributed by atoms with Gasteiger partial charge < -0.3 is 20.1 Å².